The van der Waals surface area contributed by atoms with E-state index in [1.165, 1.54) is 11.8 Å². The van der Waals surface area contributed by atoms with Gasteiger partial charge in [0.25, 0.3) is 0 Å². The Labute approximate surface area is 98.1 Å². The molecular weight excluding hydrogens is 232 g/mol. The molecule has 0 aliphatic rings. The summed E-state index contributed by atoms with van der Waals surface area (Å²) >= 11 is 7.32. The van der Waals surface area contributed by atoms with Crippen molar-refractivity contribution in [1.29, 1.82) is 5.41 Å². The van der Waals surface area contributed by atoms with Crippen molar-refractivity contribution in [3.05, 3.63) is 28.8 Å². The number of aliphatic hydroxyl groups excluding tert-OH is 1. The van der Waals surface area contributed by atoms with Crippen molar-refractivity contribution in [2.45, 2.75) is 17.1 Å². The highest BCUT2D eigenvalue weighted by Crippen LogP contribution is 2.29. The van der Waals surface area contributed by atoms with Crippen LogP contribution in [0.25, 0.3) is 0 Å². The van der Waals surface area contributed by atoms with Gasteiger partial charge in [-0.3, -0.25) is 5.41 Å². The predicted octanol–water partition coefficient (Wildman–Crippen LogP) is 2.10. The van der Waals surface area contributed by atoms with E-state index in [9.17, 15) is 0 Å². The van der Waals surface area contributed by atoms with Crippen LogP contribution in [0.3, 0.4) is 0 Å². The highest BCUT2D eigenvalue weighted by atomic mass is 35.5. The van der Waals surface area contributed by atoms with Gasteiger partial charge >= 0.3 is 0 Å². The van der Waals surface area contributed by atoms with Crippen molar-refractivity contribution >= 4 is 29.2 Å². The zero-order valence-electron chi connectivity index (χ0n) is 8.33. The van der Waals surface area contributed by atoms with E-state index in [2.05, 4.69) is 0 Å². The molecule has 0 aliphatic heterocycles. The summed E-state index contributed by atoms with van der Waals surface area (Å²) in [5, 5.41) is 17.0. The highest BCUT2D eigenvalue weighted by molar-refractivity contribution is 8.00. The fourth-order valence-corrected chi connectivity index (χ4v) is 2.32. The third-order valence-electron chi connectivity index (χ3n) is 1.82. The molecule has 1 aromatic carbocycles. The number of thioether (sulfide) groups is 1. The summed E-state index contributed by atoms with van der Waals surface area (Å²) in [6.07, 6.45) is 0. The number of benzene rings is 1. The lowest BCUT2D eigenvalue weighted by Gasteiger charge is -2.11. The van der Waals surface area contributed by atoms with Crippen LogP contribution in [0.15, 0.2) is 23.1 Å². The van der Waals surface area contributed by atoms with Gasteiger partial charge in [0.1, 0.15) is 5.84 Å². The molecule has 0 aliphatic carbocycles. The third kappa shape index (κ3) is 3.41. The molecule has 1 aromatic rings. The summed E-state index contributed by atoms with van der Waals surface area (Å²) in [6, 6.07) is 5.18. The van der Waals surface area contributed by atoms with Gasteiger partial charge in [-0.05, 0) is 18.2 Å². The SMILES string of the molecule is CC(CO)Sc1cc(Cl)ccc1C(=N)N. The van der Waals surface area contributed by atoms with Crippen LogP contribution in [0.1, 0.15) is 12.5 Å². The van der Waals surface area contributed by atoms with E-state index >= 15 is 0 Å². The largest absolute Gasteiger partial charge is 0.395 e. The number of halogens is 1. The number of hydrogen-bond acceptors (Lipinski definition) is 3. The van der Waals surface area contributed by atoms with E-state index in [4.69, 9.17) is 27.9 Å². The van der Waals surface area contributed by atoms with Gasteiger partial charge in [0.05, 0.1) is 6.61 Å². The van der Waals surface area contributed by atoms with Crippen molar-refractivity contribution in [2.75, 3.05) is 6.61 Å². The van der Waals surface area contributed by atoms with Crippen molar-refractivity contribution < 1.29 is 5.11 Å². The van der Waals surface area contributed by atoms with Crippen LogP contribution < -0.4 is 5.73 Å². The van der Waals surface area contributed by atoms with E-state index in [0.717, 1.165) is 4.90 Å². The molecule has 0 fully saturated rings. The lowest BCUT2D eigenvalue weighted by Crippen LogP contribution is -2.13. The monoisotopic (exact) mass is 244 g/mol. The molecule has 1 atom stereocenters. The van der Waals surface area contributed by atoms with E-state index < -0.39 is 0 Å². The van der Waals surface area contributed by atoms with E-state index in [1.54, 1.807) is 18.2 Å². The molecule has 1 unspecified atom stereocenters. The van der Waals surface area contributed by atoms with Gasteiger partial charge in [-0.15, -0.1) is 11.8 Å². The zero-order valence-corrected chi connectivity index (χ0v) is 9.90. The van der Waals surface area contributed by atoms with Crippen LogP contribution >= 0.6 is 23.4 Å². The second-order valence-corrected chi connectivity index (χ2v) is 5.08. The van der Waals surface area contributed by atoms with Crippen molar-refractivity contribution in [3.8, 4) is 0 Å². The maximum Gasteiger partial charge on any atom is 0.123 e. The molecule has 3 nitrogen and oxygen atoms in total. The van der Waals surface area contributed by atoms with Gasteiger partial charge in [-0.2, -0.15) is 0 Å². The lowest BCUT2D eigenvalue weighted by atomic mass is 10.2. The summed E-state index contributed by atoms with van der Waals surface area (Å²) in [4.78, 5) is 0.830. The number of nitrogens with two attached hydrogens (primary N) is 1. The van der Waals surface area contributed by atoms with Gasteiger partial charge < -0.3 is 10.8 Å². The topological polar surface area (TPSA) is 70.1 Å². The normalized spacial score (nSPS) is 12.5. The number of amidine groups is 1. The number of aliphatic hydroxyl groups is 1. The Morgan fingerprint density at radius 2 is 2.33 bits per heavy atom. The van der Waals surface area contributed by atoms with Crippen molar-refractivity contribution in [3.63, 3.8) is 0 Å². The minimum absolute atomic E-state index is 0.0132. The van der Waals surface area contributed by atoms with Gasteiger partial charge in [0.2, 0.25) is 0 Å². The molecule has 1 rings (SSSR count). The van der Waals surface area contributed by atoms with Crippen LogP contribution in [-0.4, -0.2) is 22.8 Å². The Kier molecular flexibility index (Phi) is 4.45. The molecule has 5 heteroatoms. The molecular formula is C10H13ClN2OS. The Morgan fingerprint density at radius 1 is 1.67 bits per heavy atom. The molecule has 0 bridgehead atoms. The van der Waals surface area contributed by atoms with Gasteiger partial charge in [0, 0.05) is 20.7 Å². The molecule has 15 heavy (non-hydrogen) atoms. The Morgan fingerprint density at radius 3 is 2.87 bits per heavy atom. The molecule has 0 radical (unpaired) electrons. The molecule has 4 N–H and O–H groups in total. The summed E-state index contributed by atoms with van der Waals surface area (Å²) in [5.41, 5.74) is 6.10. The number of nitrogen functional groups attached to an aromatic ring is 1. The summed E-state index contributed by atoms with van der Waals surface area (Å²) < 4.78 is 0. The quantitative estimate of drug-likeness (QED) is 0.432. The number of hydrogen-bond donors (Lipinski definition) is 3. The third-order valence-corrected chi connectivity index (χ3v) is 3.20. The van der Waals surface area contributed by atoms with Crippen LogP contribution in [0, 0.1) is 5.41 Å². The molecule has 0 spiro atoms. The van der Waals surface area contributed by atoms with Crippen LogP contribution in [-0.2, 0) is 0 Å². The Hall–Kier alpha value is -0.710. The maximum atomic E-state index is 8.96. The van der Waals surface area contributed by atoms with Crippen molar-refractivity contribution in [1.82, 2.24) is 0 Å². The zero-order chi connectivity index (χ0) is 11.4. The first-order chi connectivity index (χ1) is 7.04. The standard InChI is InChI=1S/C10H13ClN2OS/c1-6(5-14)15-9-4-7(11)2-3-8(9)10(12)13/h2-4,6,14H,5H2,1H3,(H3,12,13). The molecule has 0 heterocycles. The molecule has 0 amide bonds. The molecule has 0 saturated carbocycles. The first-order valence-corrected chi connectivity index (χ1v) is 5.71. The summed E-state index contributed by atoms with van der Waals surface area (Å²) in [7, 11) is 0. The summed E-state index contributed by atoms with van der Waals surface area (Å²) in [6.45, 7) is 1.98. The highest BCUT2D eigenvalue weighted by Gasteiger charge is 2.10. The van der Waals surface area contributed by atoms with Crippen LogP contribution in [0.2, 0.25) is 5.02 Å². The lowest BCUT2D eigenvalue weighted by molar-refractivity contribution is 0.300. The average Bonchev–Trinajstić information content (AvgIpc) is 2.17. The minimum atomic E-state index is 0.0132. The fourth-order valence-electron chi connectivity index (χ4n) is 1.07. The fraction of sp³-hybridized carbons (Fsp3) is 0.300. The second kappa shape index (κ2) is 5.39. The molecule has 0 saturated heterocycles. The number of rotatable bonds is 4. The predicted molar refractivity (Wildman–Crippen MR) is 64.9 cm³/mol. The minimum Gasteiger partial charge on any atom is -0.395 e. The molecule has 82 valence electrons. The first kappa shape index (κ1) is 12.4. The molecule has 0 aromatic heterocycles. The van der Waals surface area contributed by atoms with Gasteiger partial charge in [-0.1, -0.05) is 18.5 Å². The van der Waals surface area contributed by atoms with Gasteiger partial charge in [-0.25, -0.2) is 0 Å². The van der Waals surface area contributed by atoms with E-state index in [0.29, 0.717) is 10.6 Å². The van der Waals surface area contributed by atoms with Crippen LogP contribution in [0.4, 0.5) is 0 Å². The maximum absolute atomic E-state index is 8.96. The second-order valence-electron chi connectivity index (χ2n) is 3.17. The Bertz CT molecular complexity index is 370. The van der Waals surface area contributed by atoms with Gasteiger partial charge in [0.15, 0.2) is 0 Å². The van der Waals surface area contributed by atoms with Crippen molar-refractivity contribution in [2.24, 2.45) is 5.73 Å². The first-order valence-electron chi connectivity index (χ1n) is 4.46. The Balaban J connectivity index is 3.02. The van der Waals surface area contributed by atoms with E-state index in [-0.39, 0.29) is 17.7 Å². The van der Waals surface area contributed by atoms with E-state index in [1.807, 2.05) is 6.92 Å². The van der Waals surface area contributed by atoms with Crippen LogP contribution in [0.5, 0.6) is 0 Å². The average molecular weight is 245 g/mol. The smallest absolute Gasteiger partial charge is 0.123 e. The number of nitrogens with one attached hydrogen (secondary N) is 1. The summed E-state index contributed by atoms with van der Waals surface area (Å²) in [5.74, 6) is 0.0132.